The molecule has 172 valence electrons. The molecule has 2 fully saturated rings. The molecule has 3 aromatic rings. The van der Waals surface area contributed by atoms with Crippen molar-refractivity contribution >= 4 is 11.9 Å². The predicted molar refractivity (Wildman–Crippen MR) is 122 cm³/mol. The molecule has 1 amide bonds. The zero-order valence-electron chi connectivity index (χ0n) is 18.6. The molecule has 9 heteroatoms. The fourth-order valence-corrected chi connectivity index (χ4v) is 4.69. The maximum Gasteiger partial charge on any atom is 0.244 e. The van der Waals surface area contributed by atoms with Crippen LogP contribution in [0.15, 0.2) is 42.7 Å². The van der Waals surface area contributed by atoms with Crippen molar-refractivity contribution in [2.45, 2.75) is 44.6 Å². The number of carbonyl (C=O) groups is 1. The van der Waals surface area contributed by atoms with Crippen LogP contribution in [-0.2, 0) is 11.3 Å². The van der Waals surface area contributed by atoms with Gasteiger partial charge in [0.2, 0.25) is 11.9 Å². The summed E-state index contributed by atoms with van der Waals surface area (Å²) in [5.41, 5.74) is 0.760. The molecule has 8 nitrogen and oxygen atoms in total. The van der Waals surface area contributed by atoms with Crippen molar-refractivity contribution in [3.63, 3.8) is 0 Å². The number of hydrogen-bond acceptors (Lipinski definition) is 6. The highest BCUT2D eigenvalue weighted by Gasteiger charge is 2.27. The highest BCUT2D eigenvalue weighted by molar-refractivity contribution is 5.76. The van der Waals surface area contributed by atoms with Crippen molar-refractivity contribution in [3.05, 3.63) is 54.4 Å². The molecule has 2 aliphatic rings. The molecular weight excluding hydrogens is 421 g/mol. The third-order valence-electron chi connectivity index (χ3n) is 6.53. The van der Waals surface area contributed by atoms with Crippen LogP contribution in [0.2, 0.25) is 0 Å². The second-order valence-electron chi connectivity index (χ2n) is 8.71. The number of halogens is 1. The van der Waals surface area contributed by atoms with E-state index in [0.29, 0.717) is 43.9 Å². The topological polar surface area (TPSA) is 80.0 Å². The van der Waals surface area contributed by atoms with E-state index in [1.165, 1.54) is 31.4 Å². The number of hydrogen-bond donors (Lipinski definition) is 0. The van der Waals surface area contributed by atoms with Gasteiger partial charge in [0.1, 0.15) is 18.2 Å². The summed E-state index contributed by atoms with van der Waals surface area (Å²) in [6, 6.07) is 8.00. The Labute approximate surface area is 192 Å². The van der Waals surface area contributed by atoms with Gasteiger partial charge in [0.15, 0.2) is 5.82 Å². The van der Waals surface area contributed by atoms with Gasteiger partial charge >= 0.3 is 0 Å². The molecule has 0 atom stereocenters. The average Bonchev–Trinajstić information content (AvgIpc) is 3.29. The number of nitrogens with zero attached hydrogens (tertiary/aromatic N) is 7. The lowest BCUT2D eigenvalue weighted by molar-refractivity contribution is -0.132. The number of carbonyl (C=O) groups excluding carboxylic acids is 1. The Morgan fingerprint density at radius 2 is 1.67 bits per heavy atom. The summed E-state index contributed by atoms with van der Waals surface area (Å²) in [5, 5.41) is 4.69. The highest BCUT2D eigenvalue weighted by Crippen LogP contribution is 2.33. The van der Waals surface area contributed by atoms with Crippen molar-refractivity contribution in [1.82, 2.24) is 29.6 Å². The predicted octanol–water partition coefficient (Wildman–Crippen LogP) is 3.27. The maximum absolute atomic E-state index is 13.4. The van der Waals surface area contributed by atoms with Gasteiger partial charge in [-0.15, -0.1) is 0 Å². The number of anilines is 1. The number of rotatable bonds is 5. The van der Waals surface area contributed by atoms with Crippen LogP contribution in [0.3, 0.4) is 0 Å². The average molecular weight is 450 g/mol. The molecule has 0 radical (unpaired) electrons. The first kappa shape index (κ1) is 21.5. The fourth-order valence-electron chi connectivity index (χ4n) is 4.69. The largest absolute Gasteiger partial charge is 0.338 e. The Bertz CT molecular complexity index is 1070. The maximum atomic E-state index is 13.4. The van der Waals surface area contributed by atoms with Crippen LogP contribution in [0.5, 0.6) is 0 Å². The first-order valence-electron chi connectivity index (χ1n) is 11.7. The molecule has 0 spiro atoms. The zero-order chi connectivity index (χ0) is 22.6. The lowest BCUT2D eigenvalue weighted by Gasteiger charge is -2.34. The SMILES string of the molecule is O=C(Cn1nc(-c2ccc(F)cc2)nc1C1CCCCC1)N1CCN(c2ncccn2)CC1. The van der Waals surface area contributed by atoms with Crippen LogP contribution < -0.4 is 4.90 Å². The van der Waals surface area contributed by atoms with Crippen LogP contribution in [0.1, 0.15) is 43.8 Å². The highest BCUT2D eigenvalue weighted by atomic mass is 19.1. The molecule has 1 aliphatic heterocycles. The number of amides is 1. The lowest BCUT2D eigenvalue weighted by Crippen LogP contribution is -2.50. The molecule has 2 aromatic heterocycles. The van der Waals surface area contributed by atoms with E-state index in [-0.39, 0.29) is 18.3 Å². The van der Waals surface area contributed by atoms with Crippen LogP contribution >= 0.6 is 0 Å². The Balaban J connectivity index is 1.31. The third kappa shape index (κ3) is 4.86. The van der Waals surface area contributed by atoms with E-state index < -0.39 is 0 Å². The second kappa shape index (κ2) is 9.64. The Kier molecular flexibility index (Phi) is 6.28. The van der Waals surface area contributed by atoms with Gasteiger partial charge in [-0.2, -0.15) is 5.10 Å². The normalized spacial score (nSPS) is 17.4. The van der Waals surface area contributed by atoms with Gasteiger partial charge in [-0.3, -0.25) is 4.79 Å². The van der Waals surface area contributed by atoms with Crippen molar-refractivity contribution in [3.8, 4) is 11.4 Å². The Morgan fingerprint density at radius 1 is 0.970 bits per heavy atom. The first-order valence-corrected chi connectivity index (χ1v) is 11.7. The van der Waals surface area contributed by atoms with Crippen molar-refractivity contribution in [1.29, 1.82) is 0 Å². The summed E-state index contributed by atoms with van der Waals surface area (Å²) in [6.45, 7) is 2.81. The molecule has 1 aromatic carbocycles. The Hall–Kier alpha value is -3.36. The summed E-state index contributed by atoms with van der Waals surface area (Å²) in [5.74, 6) is 2.18. The minimum Gasteiger partial charge on any atom is -0.338 e. The van der Waals surface area contributed by atoms with Crippen molar-refractivity contribution in [2.75, 3.05) is 31.1 Å². The fraction of sp³-hybridized carbons (Fsp3) is 0.458. The van der Waals surface area contributed by atoms with Crippen molar-refractivity contribution < 1.29 is 9.18 Å². The lowest BCUT2D eigenvalue weighted by atomic mass is 9.88. The third-order valence-corrected chi connectivity index (χ3v) is 6.53. The Morgan fingerprint density at radius 3 is 2.36 bits per heavy atom. The van der Waals surface area contributed by atoms with Gasteiger partial charge in [0.05, 0.1) is 0 Å². The monoisotopic (exact) mass is 449 g/mol. The zero-order valence-corrected chi connectivity index (χ0v) is 18.6. The minimum absolute atomic E-state index is 0.0382. The van der Waals surface area contributed by atoms with Crippen LogP contribution in [0.4, 0.5) is 10.3 Å². The minimum atomic E-state index is -0.291. The van der Waals surface area contributed by atoms with E-state index >= 15 is 0 Å². The van der Waals surface area contributed by atoms with Crippen LogP contribution in [0.25, 0.3) is 11.4 Å². The summed E-state index contributed by atoms with van der Waals surface area (Å²) in [6.07, 6.45) is 9.16. The molecule has 5 rings (SSSR count). The number of aromatic nitrogens is 5. The standard InChI is InChI=1S/C24H28FN7O/c25-20-9-7-18(8-10-20)22-28-23(19-5-2-1-3-6-19)32(29-22)17-21(33)30-13-15-31(16-14-30)24-26-11-4-12-27-24/h4,7-12,19H,1-3,5-6,13-17H2. The van der Waals surface area contributed by atoms with Gasteiger partial charge in [-0.05, 0) is 43.2 Å². The van der Waals surface area contributed by atoms with E-state index in [1.54, 1.807) is 35.3 Å². The van der Waals surface area contributed by atoms with Gasteiger partial charge in [-0.1, -0.05) is 19.3 Å². The summed E-state index contributed by atoms with van der Waals surface area (Å²) in [7, 11) is 0. The smallest absolute Gasteiger partial charge is 0.244 e. The van der Waals surface area contributed by atoms with Crippen molar-refractivity contribution in [2.24, 2.45) is 0 Å². The van der Waals surface area contributed by atoms with Crippen LogP contribution in [-0.4, -0.2) is 61.7 Å². The molecule has 1 aliphatic carbocycles. The summed E-state index contributed by atoms with van der Waals surface area (Å²) >= 11 is 0. The molecule has 33 heavy (non-hydrogen) atoms. The first-order chi connectivity index (χ1) is 16.2. The molecule has 3 heterocycles. The molecule has 1 saturated carbocycles. The number of benzene rings is 1. The van der Waals surface area contributed by atoms with Gasteiger partial charge in [-0.25, -0.2) is 24.0 Å². The molecule has 0 unspecified atom stereocenters. The van der Waals surface area contributed by atoms with E-state index in [1.807, 2.05) is 4.90 Å². The van der Waals surface area contributed by atoms with E-state index in [0.717, 1.165) is 24.2 Å². The molecule has 0 bridgehead atoms. The quantitative estimate of drug-likeness (QED) is 0.595. The molecule has 1 saturated heterocycles. The second-order valence-corrected chi connectivity index (χ2v) is 8.71. The van der Waals surface area contributed by atoms with E-state index in [9.17, 15) is 9.18 Å². The molecule has 0 N–H and O–H groups in total. The van der Waals surface area contributed by atoms with Gasteiger partial charge < -0.3 is 9.80 Å². The summed E-state index contributed by atoms with van der Waals surface area (Å²) < 4.78 is 15.2. The van der Waals surface area contributed by atoms with Gasteiger partial charge in [0.25, 0.3) is 0 Å². The van der Waals surface area contributed by atoms with E-state index in [4.69, 9.17) is 4.98 Å². The number of piperazine rings is 1. The van der Waals surface area contributed by atoms with Gasteiger partial charge in [0, 0.05) is 50.1 Å². The summed E-state index contributed by atoms with van der Waals surface area (Å²) in [4.78, 5) is 30.6. The van der Waals surface area contributed by atoms with E-state index in [2.05, 4.69) is 20.0 Å². The molecular formula is C24H28FN7O. The van der Waals surface area contributed by atoms with Crippen LogP contribution in [0, 0.1) is 5.82 Å².